The summed E-state index contributed by atoms with van der Waals surface area (Å²) in [5.74, 6) is -2.10. The zero-order valence-corrected chi connectivity index (χ0v) is 16.1. The lowest BCUT2D eigenvalue weighted by molar-refractivity contribution is 0.116. The largest absolute Gasteiger partial charge is 0.399 e. The van der Waals surface area contributed by atoms with E-state index in [0.29, 0.717) is 12.1 Å². The molecule has 0 saturated carbocycles. The molecule has 27 heavy (non-hydrogen) atoms. The van der Waals surface area contributed by atoms with E-state index in [-0.39, 0.29) is 4.90 Å². The summed E-state index contributed by atoms with van der Waals surface area (Å²) in [4.78, 5) is -0.119. The second kappa shape index (κ2) is 9.32. The van der Waals surface area contributed by atoms with Crippen molar-refractivity contribution in [1.29, 1.82) is 0 Å². The fraction of sp³-hybridized carbons (Fsp3) is 0.400. The second-order valence-electron chi connectivity index (χ2n) is 6.57. The summed E-state index contributed by atoms with van der Waals surface area (Å²) in [6.45, 7) is -2.70. The van der Waals surface area contributed by atoms with Gasteiger partial charge in [0.2, 0.25) is 10.0 Å². The molecule has 1 unspecified atom stereocenters. The highest BCUT2D eigenvalue weighted by atomic mass is 32.2. The molecule has 0 saturated heterocycles. The zero-order chi connectivity index (χ0) is 23.4. The summed E-state index contributed by atoms with van der Waals surface area (Å²) >= 11 is 0. The molecule has 0 aliphatic heterocycles. The van der Waals surface area contributed by atoms with Crippen molar-refractivity contribution in [2.75, 3.05) is 18.8 Å². The second-order valence-corrected chi connectivity index (χ2v) is 8.51. The maximum Gasteiger partial charge on any atom is 0.243 e. The normalized spacial score (nSPS) is 19.3. The van der Waals surface area contributed by atoms with E-state index in [2.05, 4.69) is 0 Å². The molecule has 7 heteroatoms. The molecule has 0 spiro atoms. The third-order valence-corrected chi connectivity index (χ3v) is 5.96. The van der Waals surface area contributed by atoms with E-state index in [1.165, 1.54) is 24.3 Å². The highest BCUT2D eigenvalue weighted by Crippen LogP contribution is 2.19. The Labute approximate surface area is 167 Å². The van der Waals surface area contributed by atoms with Gasteiger partial charge in [-0.1, -0.05) is 44.1 Å². The summed E-state index contributed by atoms with van der Waals surface area (Å²) in [5, 5.41) is 10.7. The first-order valence-electron chi connectivity index (χ1n) is 10.6. The molecule has 6 nitrogen and oxygen atoms in total. The van der Waals surface area contributed by atoms with Gasteiger partial charge in [0.05, 0.1) is 11.0 Å². The van der Waals surface area contributed by atoms with Gasteiger partial charge in [0.25, 0.3) is 0 Å². The first-order chi connectivity index (χ1) is 14.2. The number of benzene rings is 2. The smallest absolute Gasteiger partial charge is 0.243 e. The van der Waals surface area contributed by atoms with Crippen LogP contribution in [-0.2, 0) is 16.4 Å². The van der Waals surface area contributed by atoms with Crippen LogP contribution in [0.5, 0.6) is 0 Å². The molecule has 0 bridgehead atoms. The van der Waals surface area contributed by atoms with Gasteiger partial charge in [-0.3, -0.25) is 0 Å². The van der Waals surface area contributed by atoms with Crippen LogP contribution >= 0.6 is 0 Å². The van der Waals surface area contributed by atoms with E-state index in [9.17, 15) is 13.5 Å². The first-order valence-corrected chi connectivity index (χ1v) is 10.0. The van der Waals surface area contributed by atoms with Crippen LogP contribution in [0.4, 0.5) is 5.69 Å². The van der Waals surface area contributed by atoms with Gasteiger partial charge < -0.3 is 16.6 Å². The Bertz CT molecular complexity index is 952. The van der Waals surface area contributed by atoms with E-state index >= 15 is 0 Å². The lowest BCUT2D eigenvalue weighted by Crippen LogP contribution is -2.47. The molecule has 0 heterocycles. The van der Waals surface area contributed by atoms with Gasteiger partial charge >= 0.3 is 0 Å². The van der Waals surface area contributed by atoms with E-state index < -0.39 is 48.0 Å². The van der Waals surface area contributed by atoms with Crippen LogP contribution < -0.4 is 11.5 Å². The standard InChI is InChI=1S/C20H29N3O3S/c1-15(2)13-23(27(25,26)18-10-8-17(21)9-11-18)14-20(24)19(22)12-16-6-4-3-5-7-16/h3-11,15,19-20,24H,12-14,21-22H2,1-2H3/t19-,20+/m0/s1/i1D3,15D/t15?,19-,20+. The number of rotatable bonds is 9. The third kappa shape index (κ3) is 6.04. The van der Waals surface area contributed by atoms with Gasteiger partial charge in [0.15, 0.2) is 0 Å². The molecule has 0 amide bonds. The van der Waals surface area contributed by atoms with E-state index in [1.807, 2.05) is 30.3 Å². The summed E-state index contributed by atoms with van der Waals surface area (Å²) in [5.41, 5.74) is 13.0. The molecule has 2 rings (SSSR count). The van der Waals surface area contributed by atoms with Crippen LogP contribution in [0, 0.1) is 5.89 Å². The number of anilines is 1. The van der Waals surface area contributed by atoms with Crippen molar-refractivity contribution in [3.05, 3.63) is 60.2 Å². The van der Waals surface area contributed by atoms with Crippen molar-refractivity contribution in [2.45, 2.75) is 37.2 Å². The Kier molecular flexibility index (Phi) is 5.55. The Hall–Kier alpha value is -1.93. The number of hydrogen-bond donors (Lipinski definition) is 3. The molecular weight excluding hydrogens is 362 g/mol. The predicted octanol–water partition coefficient (Wildman–Crippen LogP) is 1.85. The minimum Gasteiger partial charge on any atom is -0.399 e. The molecule has 3 atom stereocenters. The number of nitrogens with zero attached hydrogens (tertiary/aromatic N) is 1. The van der Waals surface area contributed by atoms with E-state index in [4.69, 9.17) is 17.0 Å². The molecule has 148 valence electrons. The van der Waals surface area contributed by atoms with Crippen molar-refractivity contribution in [3.63, 3.8) is 0 Å². The molecule has 0 radical (unpaired) electrons. The van der Waals surface area contributed by atoms with Gasteiger partial charge in [-0.25, -0.2) is 8.42 Å². The summed E-state index contributed by atoms with van der Waals surface area (Å²) < 4.78 is 58.3. The molecule has 5 N–H and O–H groups in total. The minimum absolute atomic E-state index is 0.119. The number of nitrogens with two attached hydrogens (primary N) is 2. The number of aliphatic hydroxyl groups excluding tert-OH is 1. The van der Waals surface area contributed by atoms with Crippen LogP contribution in [0.25, 0.3) is 0 Å². The van der Waals surface area contributed by atoms with Gasteiger partial charge in [-0.2, -0.15) is 4.31 Å². The number of aliphatic hydroxyl groups is 1. The maximum absolute atomic E-state index is 13.2. The predicted molar refractivity (Wildman–Crippen MR) is 109 cm³/mol. The highest BCUT2D eigenvalue weighted by Gasteiger charge is 2.29. The molecule has 0 aliphatic carbocycles. The fourth-order valence-corrected chi connectivity index (χ4v) is 4.16. The Balaban J connectivity index is 2.31. The van der Waals surface area contributed by atoms with E-state index in [1.54, 1.807) is 0 Å². The van der Waals surface area contributed by atoms with Crippen LogP contribution in [0.2, 0.25) is 0 Å². The summed E-state index contributed by atoms with van der Waals surface area (Å²) in [6, 6.07) is 13.8. The van der Waals surface area contributed by atoms with E-state index in [0.717, 1.165) is 16.8 Å². The highest BCUT2D eigenvalue weighted by molar-refractivity contribution is 7.89. The maximum atomic E-state index is 13.2. The van der Waals surface area contributed by atoms with Gasteiger partial charge in [0, 0.05) is 30.3 Å². The van der Waals surface area contributed by atoms with Gasteiger partial charge in [-0.15, -0.1) is 0 Å². The van der Waals surface area contributed by atoms with Crippen LogP contribution in [0.3, 0.4) is 0 Å². The average Bonchev–Trinajstić information content (AvgIpc) is 2.67. The van der Waals surface area contributed by atoms with Crippen LogP contribution in [0.1, 0.15) is 24.8 Å². The van der Waals surface area contributed by atoms with Crippen molar-refractivity contribution in [2.24, 2.45) is 11.6 Å². The van der Waals surface area contributed by atoms with Gasteiger partial charge in [-0.05, 0) is 42.1 Å². The summed E-state index contributed by atoms with van der Waals surface area (Å²) in [7, 11) is -4.22. The number of sulfonamides is 1. The molecule has 2 aromatic carbocycles. The van der Waals surface area contributed by atoms with Crippen LogP contribution in [-0.4, -0.2) is 43.1 Å². The van der Waals surface area contributed by atoms with Crippen molar-refractivity contribution >= 4 is 15.7 Å². The lowest BCUT2D eigenvalue weighted by atomic mass is 10.0. The molecule has 0 aliphatic rings. The quantitative estimate of drug-likeness (QED) is 0.561. The Morgan fingerprint density at radius 3 is 2.37 bits per heavy atom. The van der Waals surface area contributed by atoms with Crippen molar-refractivity contribution < 1.29 is 19.0 Å². The zero-order valence-electron chi connectivity index (χ0n) is 19.2. The van der Waals surface area contributed by atoms with Crippen LogP contribution in [0.15, 0.2) is 59.5 Å². The SMILES string of the molecule is [2H]C([2H])([2H])C([2H])(C)CN(C[C@@H](O)[C@@H](N)Cc1ccccc1)S(=O)(=O)c1ccc(N)cc1. The Morgan fingerprint density at radius 1 is 1.15 bits per heavy atom. The first kappa shape index (κ1) is 16.1. The number of hydrogen-bond acceptors (Lipinski definition) is 5. The minimum atomic E-state index is -4.22. The monoisotopic (exact) mass is 395 g/mol. The van der Waals surface area contributed by atoms with Crippen molar-refractivity contribution in [3.8, 4) is 0 Å². The van der Waals surface area contributed by atoms with Gasteiger partial charge in [0.1, 0.15) is 0 Å². The average molecular weight is 396 g/mol. The molecular formula is C20H29N3O3S. The van der Waals surface area contributed by atoms with Crippen molar-refractivity contribution in [1.82, 2.24) is 4.31 Å². The molecule has 0 fully saturated rings. The third-order valence-electron chi connectivity index (χ3n) is 4.13. The lowest BCUT2D eigenvalue weighted by Gasteiger charge is -2.28. The topological polar surface area (TPSA) is 110 Å². The fourth-order valence-electron chi connectivity index (χ4n) is 2.67. The Morgan fingerprint density at radius 2 is 1.78 bits per heavy atom. The number of nitrogen functional groups attached to an aromatic ring is 1. The summed E-state index contributed by atoms with van der Waals surface area (Å²) in [6.07, 6.45) is -0.981. The molecule has 0 aromatic heterocycles. The molecule has 2 aromatic rings.